The van der Waals surface area contributed by atoms with Crippen LogP contribution in [0.15, 0.2) is 36.5 Å². The maximum absolute atomic E-state index is 13.7. The molecule has 0 saturated carbocycles. The predicted octanol–water partition coefficient (Wildman–Crippen LogP) is 2.05. The van der Waals surface area contributed by atoms with E-state index in [1.807, 2.05) is 0 Å². The molecule has 1 aromatic carbocycles. The van der Waals surface area contributed by atoms with Crippen LogP contribution in [0.4, 0.5) is 8.78 Å². The summed E-state index contributed by atoms with van der Waals surface area (Å²) in [6.07, 6.45) is 1.12. The van der Waals surface area contributed by atoms with Gasteiger partial charge in [0.2, 0.25) is 5.69 Å². The first kappa shape index (κ1) is 12.9. The van der Waals surface area contributed by atoms with Gasteiger partial charge in [0.25, 0.3) is 0 Å². The molecule has 0 amide bonds. The van der Waals surface area contributed by atoms with Crippen LogP contribution in [0.3, 0.4) is 0 Å². The molecule has 0 bridgehead atoms. The van der Waals surface area contributed by atoms with Crippen molar-refractivity contribution < 1.29 is 23.0 Å². The molecule has 0 fully saturated rings. The lowest BCUT2D eigenvalue weighted by molar-refractivity contribution is -0.593. The Labute approximate surface area is 107 Å². The molecule has 4 nitrogen and oxygen atoms in total. The Hall–Kier alpha value is -2.50. The molecule has 2 aromatic rings. The van der Waals surface area contributed by atoms with Crippen molar-refractivity contribution in [1.82, 2.24) is 0 Å². The molecular weight excluding hydrogens is 256 g/mol. The molecule has 0 radical (unpaired) electrons. The Balaban J connectivity index is 2.70. The summed E-state index contributed by atoms with van der Waals surface area (Å²) >= 11 is 0. The van der Waals surface area contributed by atoms with Gasteiger partial charge in [-0.25, -0.2) is 13.6 Å². The molecule has 0 atom stereocenters. The van der Waals surface area contributed by atoms with Gasteiger partial charge in [-0.15, -0.1) is 0 Å². The number of aromatic nitrogens is 1. The van der Waals surface area contributed by atoms with Gasteiger partial charge in [0, 0.05) is 12.1 Å². The fourth-order valence-corrected chi connectivity index (χ4v) is 1.71. The lowest BCUT2D eigenvalue weighted by Crippen LogP contribution is -2.31. The van der Waals surface area contributed by atoms with Gasteiger partial charge in [-0.3, -0.25) is 0 Å². The number of benzene rings is 1. The van der Waals surface area contributed by atoms with Crippen molar-refractivity contribution in [3.05, 3.63) is 58.9 Å². The van der Waals surface area contributed by atoms with Crippen LogP contribution in [0.1, 0.15) is 10.4 Å². The lowest BCUT2D eigenvalue weighted by Gasteiger charge is -2.09. The van der Waals surface area contributed by atoms with Gasteiger partial charge < -0.3 is 9.94 Å². The summed E-state index contributed by atoms with van der Waals surface area (Å²) in [5, 5.41) is 11.7. The fourth-order valence-electron chi connectivity index (χ4n) is 1.71. The van der Waals surface area contributed by atoms with Crippen LogP contribution in [0.5, 0.6) is 0 Å². The number of rotatable bonds is 2. The third-order valence-electron chi connectivity index (χ3n) is 2.55. The monoisotopic (exact) mass is 265 g/mol. The Kier molecular flexibility index (Phi) is 3.41. The number of pyridine rings is 1. The minimum Gasteiger partial charge on any atom is -0.618 e. The van der Waals surface area contributed by atoms with Crippen LogP contribution in [-0.2, 0) is 4.74 Å². The van der Waals surface area contributed by atoms with Crippen molar-refractivity contribution in [2.75, 3.05) is 7.11 Å². The molecule has 0 unspecified atom stereocenters. The lowest BCUT2D eigenvalue weighted by atomic mass is 10.1. The van der Waals surface area contributed by atoms with Crippen molar-refractivity contribution >= 4 is 5.97 Å². The topological polar surface area (TPSA) is 53.2 Å². The Morgan fingerprint density at radius 1 is 1.32 bits per heavy atom. The first-order valence-corrected chi connectivity index (χ1v) is 5.30. The molecule has 0 spiro atoms. The minimum absolute atomic E-state index is 0.0921. The van der Waals surface area contributed by atoms with Crippen LogP contribution in [-0.4, -0.2) is 13.1 Å². The van der Waals surface area contributed by atoms with Crippen molar-refractivity contribution in [1.29, 1.82) is 0 Å². The standard InChI is InChI=1S/C13H9F2NO3/c1-19-13(17)10-3-2-6-16(18)12(10)9-5-4-8(14)7-11(9)15/h2-7H,1H3. The van der Waals surface area contributed by atoms with Crippen LogP contribution in [0, 0.1) is 16.8 Å². The number of nitrogens with zero attached hydrogens (tertiary/aromatic N) is 1. The molecule has 0 aliphatic heterocycles. The van der Waals surface area contributed by atoms with Crippen molar-refractivity contribution in [2.45, 2.75) is 0 Å². The maximum atomic E-state index is 13.7. The highest BCUT2D eigenvalue weighted by molar-refractivity contribution is 5.95. The largest absolute Gasteiger partial charge is 0.618 e. The minimum atomic E-state index is -0.930. The van der Waals surface area contributed by atoms with E-state index in [0.717, 1.165) is 25.4 Å². The summed E-state index contributed by atoms with van der Waals surface area (Å²) in [7, 11) is 1.15. The molecular formula is C13H9F2NO3. The molecule has 0 aliphatic rings. The van der Waals surface area contributed by atoms with E-state index < -0.39 is 17.6 Å². The summed E-state index contributed by atoms with van der Waals surface area (Å²) in [5.74, 6) is -2.47. The second-order valence-corrected chi connectivity index (χ2v) is 3.71. The molecule has 0 N–H and O–H groups in total. The summed E-state index contributed by atoms with van der Waals surface area (Å²) < 4.78 is 31.5. The van der Waals surface area contributed by atoms with Gasteiger partial charge in [0.05, 0.1) is 12.7 Å². The van der Waals surface area contributed by atoms with Crippen LogP contribution < -0.4 is 4.73 Å². The first-order chi connectivity index (χ1) is 9.04. The number of esters is 1. The zero-order valence-electron chi connectivity index (χ0n) is 9.89. The van der Waals surface area contributed by atoms with E-state index in [9.17, 15) is 18.8 Å². The van der Waals surface area contributed by atoms with Crippen molar-refractivity contribution in [3.8, 4) is 11.3 Å². The van der Waals surface area contributed by atoms with Crippen LogP contribution in [0.2, 0.25) is 0 Å². The van der Waals surface area contributed by atoms with E-state index >= 15 is 0 Å². The molecule has 2 rings (SSSR count). The highest BCUT2D eigenvalue weighted by atomic mass is 19.1. The molecule has 1 aromatic heterocycles. The number of methoxy groups -OCH3 is 1. The molecule has 6 heteroatoms. The quantitative estimate of drug-likeness (QED) is 0.474. The average molecular weight is 265 g/mol. The smallest absolute Gasteiger partial charge is 0.344 e. The van der Waals surface area contributed by atoms with Gasteiger partial charge in [-0.1, -0.05) is 0 Å². The summed E-state index contributed by atoms with van der Waals surface area (Å²) in [6, 6.07) is 5.42. The Bertz CT molecular complexity index is 644. The third kappa shape index (κ3) is 2.37. The van der Waals surface area contributed by atoms with E-state index in [4.69, 9.17) is 0 Å². The summed E-state index contributed by atoms with van der Waals surface area (Å²) in [4.78, 5) is 11.6. The zero-order chi connectivity index (χ0) is 14.0. The number of ether oxygens (including phenoxy) is 1. The van der Waals surface area contributed by atoms with Gasteiger partial charge in [0.15, 0.2) is 6.20 Å². The molecule has 0 aliphatic carbocycles. The van der Waals surface area contributed by atoms with Crippen molar-refractivity contribution in [2.24, 2.45) is 0 Å². The highest BCUT2D eigenvalue weighted by Gasteiger charge is 2.24. The number of hydrogen-bond donors (Lipinski definition) is 0. The van der Waals surface area contributed by atoms with E-state index in [2.05, 4.69) is 4.74 Å². The van der Waals surface area contributed by atoms with Crippen molar-refractivity contribution in [3.63, 3.8) is 0 Å². The fraction of sp³-hybridized carbons (Fsp3) is 0.0769. The van der Waals surface area contributed by atoms with Gasteiger partial charge in [0.1, 0.15) is 17.2 Å². The second kappa shape index (κ2) is 5.01. The Morgan fingerprint density at radius 2 is 2.05 bits per heavy atom. The third-order valence-corrected chi connectivity index (χ3v) is 2.55. The molecule has 98 valence electrons. The van der Waals surface area contributed by atoms with E-state index in [0.29, 0.717) is 10.8 Å². The molecule has 0 saturated heterocycles. The SMILES string of the molecule is COC(=O)c1ccc[n+]([O-])c1-c1ccc(F)cc1F. The summed E-state index contributed by atoms with van der Waals surface area (Å²) in [5.41, 5.74) is -0.477. The average Bonchev–Trinajstić information content (AvgIpc) is 2.38. The number of halogens is 2. The second-order valence-electron chi connectivity index (χ2n) is 3.71. The van der Waals surface area contributed by atoms with E-state index in [1.165, 1.54) is 12.1 Å². The number of hydrogen-bond acceptors (Lipinski definition) is 3. The highest BCUT2D eigenvalue weighted by Crippen LogP contribution is 2.24. The number of carbonyl (C=O) groups excluding carboxylic acids is 1. The predicted molar refractivity (Wildman–Crippen MR) is 62.1 cm³/mol. The zero-order valence-corrected chi connectivity index (χ0v) is 9.89. The number of carbonyl (C=O) groups is 1. The van der Waals surface area contributed by atoms with Crippen LogP contribution >= 0.6 is 0 Å². The van der Waals surface area contributed by atoms with E-state index in [1.54, 1.807) is 0 Å². The maximum Gasteiger partial charge on any atom is 0.344 e. The Morgan fingerprint density at radius 3 is 2.68 bits per heavy atom. The summed E-state index contributed by atoms with van der Waals surface area (Å²) in [6.45, 7) is 0. The van der Waals surface area contributed by atoms with Gasteiger partial charge >= 0.3 is 5.97 Å². The molecule has 1 heterocycles. The van der Waals surface area contributed by atoms with E-state index in [-0.39, 0.29) is 16.8 Å². The van der Waals surface area contributed by atoms with Gasteiger partial charge in [-0.05, 0) is 18.2 Å². The van der Waals surface area contributed by atoms with Crippen LogP contribution in [0.25, 0.3) is 11.3 Å². The molecule has 19 heavy (non-hydrogen) atoms. The first-order valence-electron chi connectivity index (χ1n) is 5.30. The normalized spacial score (nSPS) is 10.3. The van der Waals surface area contributed by atoms with Gasteiger partial charge in [-0.2, -0.15) is 4.73 Å².